The molecule has 0 saturated carbocycles. The van der Waals surface area contributed by atoms with Crippen LogP contribution in [0.2, 0.25) is 0 Å². The van der Waals surface area contributed by atoms with Gasteiger partial charge in [-0.15, -0.1) is 11.3 Å². The van der Waals surface area contributed by atoms with E-state index in [1.807, 2.05) is 0 Å². The van der Waals surface area contributed by atoms with Gasteiger partial charge >= 0.3 is 17.8 Å². The van der Waals surface area contributed by atoms with Crippen LogP contribution >= 0.6 is 11.3 Å². The Labute approximate surface area is 184 Å². The van der Waals surface area contributed by atoms with Crippen molar-refractivity contribution in [2.45, 2.75) is 12.5 Å². The molecule has 2 amide bonds. The van der Waals surface area contributed by atoms with Crippen molar-refractivity contribution in [3.8, 4) is 5.75 Å². The molecule has 12 heteroatoms. The van der Waals surface area contributed by atoms with E-state index >= 15 is 0 Å². The van der Waals surface area contributed by atoms with E-state index in [0.717, 1.165) is 11.3 Å². The maximum atomic E-state index is 12.6. The first-order valence-corrected chi connectivity index (χ1v) is 10.3. The number of benzene rings is 1. The van der Waals surface area contributed by atoms with Crippen LogP contribution in [-0.2, 0) is 16.0 Å². The van der Waals surface area contributed by atoms with Gasteiger partial charge in [0.25, 0.3) is 5.91 Å². The fourth-order valence-corrected chi connectivity index (χ4v) is 4.96. The highest BCUT2D eigenvalue weighted by atomic mass is 32.1. The molecule has 0 spiro atoms. The highest BCUT2D eigenvalue weighted by Gasteiger charge is 2.31. The minimum atomic E-state index is -1.72. The lowest BCUT2D eigenvalue weighted by Crippen LogP contribution is -2.38. The number of carbonyl (C=O) groups is 4. The summed E-state index contributed by atoms with van der Waals surface area (Å²) in [7, 11) is 0. The molecular weight excluding hydrogens is 440 g/mol. The van der Waals surface area contributed by atoms with Gasteiger partial charge in [0.2, 0.25) is 0 Å². The summed E-state index contributed by atoms with van der Waals surface area (Å²) in [5, 5.41) is 36.7. The number of anilines is 1. The number of aliphatic carboxylic acids is 1. The fourth-order valence-electron chi connectivity index (χ4n) is 3.64. The van der Waals surface area contributed by atoms with Crippen molar-refractivity contribution in [1.29, 1.82) is 0 Å². The number of hydrogen-bond acceptors (Lipinski definition) is 7. The number of aromatic nitrogens is 1. The molecular formula is C20H18N4O7S. The summed E-state index contributed by atoms with van der Waals surface area (Å²) < 4.78 is 0. The summed E-state index contributed by atoms with van der Waals surface area (Å²) in [4.78, 5) is 50.4. The highest BCUT2D eigenvalue weighted by Crippen LogP contribution is 2.39. The number of nitrogens with one attached hydrogen (secondary N) is 4. The third-order valence-electron chi connectivity index (χ3n) is 5.07. The topological polar surface area (TPSA) is 181 Å². The second-order valence-electron chi connectivity index (χ2n) is 7.13. The molecule has 0 aliphatic carbocycles. The number of phenols is 1. The lowest BCUT2D eigenvalue weighted by atomic mass is 9.99. The quantitative estimate of drug-likeness (QED) is 0.279. The zero-order valence-corrected chi connectivity index (χ0v) is 17.2. The number of phenolic OH excluding ortho intramolecular Hbond substituents is 1. The van der Waals surface area contributed by atoms with Crippen molar-refractivity contribution in [3.63, 3.8) is 0 Å². The maximum Gasteiger partial charge on any atom is 0.394 e. The molecule has 2 aromatic heterocycles. The minimum Gasteiger partial charge on any atom is -0.508 e. The molecule has 0 saturated heterocycles. The van der Waals surface area contributed by atoms with Gasteiger partial charge in [-0.25, -0.2) is 9.59 Å². The van der Waals surface area contributed by atoms with E-state index in [-0.39, 0.29) is 28.8 Å². The summed E-state index contributed by atoms with van der Waals surface area (Å²) in [6.07, 6.45) is 0.381. The number of amides is 2. The van der Waals surface area contributed by atoms with Gasteiger partial charge in [0.1, 0.15) is 16.4 Å². The number of aromatic hydroxyl groups is 1. The Balaban J connectivity index is 1.54. The van der Waals surface area contributed by atoms with Crippen LogP contribution in [0.3, 0.4) is 0 Å². The molecule has 1 aromatic carbocycles. The van der Waals surface area contributed by atoms with Crippen molar-refractivity contribution >= 4 is 51.0 Å². The SMILES string of the molecule is O=C(O)C(=O)Nc1sc2c(c1C(=O)O)CCN[C@H]2CNC(=O)c1cc2cc(O)ccc2[nH]1. The third kappa shape index (κ3) is 4.00. The van der Waals surface area contributed by atoms with Crippen LogP contribution in [0.25, 0.3) is 10.9 Å². The molecule has 32 heavy (non-hydrogen) atoms. The number of aromatic carboxylic acids is 1. The largest absolute Gasteiger partial charge is 0.508 e. The molecule has 0 bridgehead atoms. The molecule has 7 N–H and O–H groups in total. The first kappa shape index (κ1) is 21.3. The van der Waals surface area contributed by atoms with E-state index in [4.69, 9.17) is 5.11 Å². The number of carboxylic acids is 2. The Morgan fingerprint density at radius 3 is 2.66 bits per heavy atom. The standard InChI is InChI=1S/C20H18N4O7S/c25-9-1-2-11-8(5-9)6-12(23-11)16(26)22-7-13-15-10(3-4-21-13)14(19(28)29)18(32-15)24-17(27)20(30)31/h1-2,5-6,13,21,23,25H,3-4,7H2,(H,22,26)(H,24,27)(H,28,29)(H,30,31)/t13-/m0/s1. The second kappa shape index (κ2) is 8.32. The number of aromatic amines is 1. The zero-order valence-electron chi connectivity index (χ0n) is 16.4. The van der Waals surface area contributed by atoms with E-state index < -0.39 is 23.9 Å². The predicted molar refractivity (Wildman–Crippen MR) is 114 cm³/mol. The van der Waals surface area contributed by atoms with E-state index in [9.17, 15) is 29.4 Å². The average molecular weight is 458 g/mol. The van der Waals surface area contributed by atoms with Crippen molar-refractivity contribution in [3.05, 3.63) is 46.0 Å². The van der Waals surface area contributed by atoms with Gasteiger partial charge < -0.3 is 36.3 Å². The second-order valence-corrected chi connectivity index (χ2v) is 8.19. The Bertz CT molecular complexity index is 1260. The maximum absolute atomic E-state index is 12.6. The Hall–Kier alpha value is -3.90. The lowest BCUT2D eigenvalue weighted by molar-refractivity contribution is -0.147. The smallest absolute Gasteiger partial charge is 0.394 e. The molecule has 3 heterocycles. The summed E-state index contributed by atoms with van der Waals surface area (Å²) in [6.45, 7) is 0.584. The summed E-state index contributed by atoms with van der Waals surface area (Å²) in [5.74, 6) is -4.62. The van der Waals surface area contributed by atoms with Gasteiger partial charge in [-0.3, -0.25) is 9.59 Å². The molecule has 166 valence electrons. The molecule has 0 fully saturated rings. The average Bonchev–Trinajstić information content (AvgIpc) is 3.32. The monoisotopic (exact) mass is 458 g/mol. The van der Waals surface area contributed by atoms with Gasteiger partial charge in [-0.1, -0.05) is 0 Å². The van der Waals surface area contributed by atoms with Crippen LogP contribution in [0, 0.1) is 0 Å². The summed E-state index contributed by atoms with van der Waals surface area (Å²) in [5.41, 5.74) is 1.36. The zero-order chi connectivity index (χ0) is 23.0. The number of rotatable bonds is 5. The number of carboxylic acid groups (broad SMARTS) is 2. The fraction of sp³-hybridized carbons (Fsp3) is 0.200. The van der Waals surface area contributed by atoms with Gasteiger partial charge in [-0.05, 0) is 42.8 Å². The molecule has 1 atom stereocenters. The van der Waals surface area contributed by atoms with Crippen LogP contribution < -0.4 is 16.0 Å². The molecule has 0 unspecified atom stereocenters. The number of thiophene rings is 1. The van der Waals surface area contributed by atoms with Crippen LogP contribution in [0.5, 0.6) is 5.75 Å². The Morgan fingerprint density at radius 1 is 1.16 bits per heavy atom. The first-order valence-electron chi connectivity index (χ1n) is 9.51. The van der Waals surface area contributed by atoms with E-state index in [0.29, 0.717) is 40.0 Å². The predicted octanol–water partition coefficient (Wildman–Crippen LogP) is 1.27. The van der Waals surface area contributed by atoms with E-state index in [2.05, 4.69) is 20.9 Å². The normalized spacial score (nSPS) is 15.2. The third-order valence-corrected chi connectivity index (χ3v) is 6.33. The highest BCUT2D eigenvalue weighted by molar-refractivity contribution is 7.17. The number of fused-ring (bicyclic) bond motifs is 2. The van der Waals surface area contributed by atoms with Crippen molar-refractivity contribution < 1.29 is 34.5 Å². The van der Waals surface area contributed by atoms with Crippen molar-refractivity contribution in [2.75, 3.05) is 18.4 Å². The van der Waals surface area contributed by atoms with Gasteiger partial charge in [0.05, 0.1) is 11.6 Å². The molecule has 3 aromatic rings. The molecule has 1 aliphatic heterocycles. The van der Waals surface area contributed by atoms with Crippen LogP contribution in [0.15, 0.2) is 24.3 Å². The lowest BCUT2D eigenvalue weighted by Gasteiger charge is -2.24. The van der Waals surface area contributed by atoms with E-state index in [1.165, 1.54) is 12.1 Å². The van der Waals surface area contributed by atoms with Crippen LogP contribution in [-0.4, -0.2) is 57.1 Å². The van der Waals surface area contributed by atoms with Crippen LogP contribution in [0.1, 0.15) is 37.3 Å². The number of hydrogen-bond donors (Lipinski definition) is 7. The van der Waals surface area contributed by atoms with Gasteiger partial charge in [0, 0.05) is 22.3 Å². The number of carbonyl (C=O) groups excluding carboxylic acids is 2. The van der Waals surface area contributed by atoms with Crippen molar-refractivity contribution in [1.82, 2.24) is 15.6 Å². The Kier molecular flexibility index (Phi) is 5.55. The van der Waals surface area contributed by atoms with Crippen LogP contribution in [0.4, 0.5) is 5.00 Å². The minimum absolute atomic E-state index is 0.0506. The number of H-pyrrole nitrogens is 1. The first-order chi connectivity index (χ1) is 15.2. The van der Waals surface area contributed by atoms with Gasteiger partial charge in [-0.2, -0.15) is 0 Å². The molecule has 0 radical (unpaired) electrons. The van der Waals surface area contributed by atoms with Crippen molar-refractivity contribution in [2.24, 2.45) is 0 Å². The molecule has 11 nitrogen and oxygen atoms in total. The Morgan fingerprint density at radius 2 is 1.94 bits per heavy atom. The summed E-state index contributed by atoms with van der Waals surface area (Å²) >= 11 is 0.972. The van der Waals surface area contributed by atoms with E-state index in [1.54, 1.807) is 12.1 Å². The molecule has 4 rings (SSSR count). The summed E-state index contributed by atoms with van der Waals surface area (Å²) in [6, 6.07) is 5.88. The molecule has 1 aliphatic rings. The van der Waals surface area contributed by atoms with Gasteiger partial charge in [0.15, 0.2) is 0 Å².